The first-order valence-corrected chi connectivity index (χ1v) is 11.0. The minimum Gasteiger partial charge on any atom is -0.462 e. The lowest BCUT2D eigenvalue weighted by molar-refractivity contribution is -0.767. The van der Waals surface area contributed by atoms with Gasteiger partial charge in [-0.1, -0.05) is 35.3 Å². The van der Waals surface area contributed by atoms with Gasteiger partial charge in [0, 0.05) is 12.1 Å². The Balaban J connectivity index is 2.39. The van der Waals surface area contributed by atoms with Crippen LogP contribution in [-0.4, -0.2) is 48.0 Å². The van der Waals surface area contributed by atoms with Crippen LogP contribution in [0.2, 0.25) is 10.0 Å². The van der Waals surface area contributed by atoms with E-state index in [1.807, 2.05) is 0 Å². The fraction of sp³-hybridized carbons (Fsp3) is 0.400. The first-order valence-electron chi connectivity index (χ1n) is 10.3. The third kappa shape index (κ3) is 7.36. The highest BCUT2D eigenvalue weighted by atomic mass is 35.5. The van der Waals surface area contributed by atoms with E-state index in [1.54, 1.807) is 6.07 Å². The summed E-state index contributed by atoms with van der Waals surface area (Å²) in [7, 11) is 0. The molecular formula is C20H22Cl2N4O10. The maximum Gasteiger partial charge on any atom is 0.338 e. The van der Waals surface area contributed by atoms with Gasteiger partial charge in [-0.3, -0.25) is 0 Å². The van der Waals surface area contributed by atoms with Crippen molar-refractivity contribution in [2.45, 2.75) is 32.3 Å². The molecule has 1 heterocycles. The topological polar surface area (TPSA) is 195 Å². The van der Waals surface area contributed by atoms with Crippen LogP contribution in [-0.2, 0) is 28.7 Å². The lowest BCUT2D eigenvalue weighted by atomic mass is 9.81. The summed E-state index contributed by atoms with van der Waals surface area (Å²) in [6, 6.07) is 4.57. The Morgan fingerprint density at radius 2 is 1.78 bits per heavy atom. The number of allylic oxidation sites excluding steroid dienone is 1. The number of nitrogens with one attached hydrogen (secondary N) is 1. The SMILES string of the molecule is CC1=C(C(=O)OCC(C)O[N+](=O)[O-])C(c2cccc(Cl)c2Cl)C(C(=O)OCCCO[N+](=O)[O-])=C(N)N1. The van der Waals surface area contributed by atoms with Gasteiger partial charge in [-0.15, -0.1) is 20.2 Å². The zero-order valence-electron chi connectivity index (χ0n) is 19.0. The molecule has 1 aliphatic heterocycles. The molecule has 2 unspecified atom stereocenters. The minimum atomic E-state index is -1.20. The molecule has 0 amide bonds. The standard InChI is InChI=1S/C20H22Cl2N4O10/c1-10(36-26(31)32)9-34-19(27)14-11(2)24-18(23)16(20(28)33-7-4-8-35-25(29)30)15(14)12-5-3-6-13(21)17(12)22/h3,5-6,10,15,24H,4,7-9,23H2,1-2H3. The van der Waals surface area contributed by atoms with Crippen LogP contribution in [0.1, 0.15) is 31.7 Å². The zero-order chi connectivity index (χ0) is 27.0. The predicted octanol–water partition coefficient (Wildman–Crippen LogP) is 2.41. The molecule has 0 spiro atoms. The molecule has 3 N–H and O–H groups in total. The number of dihydropyridines is 1. The van der Waals surface area contributed by atoms with Gasteiger partial charge in [-0.25, -0.2) is 9.59 Å². The lowest BCUT2D eigenvalue weighted by Crippen LogP contribution is -2.37. The molecule has 0 aromatic heterocycles. The number of esters is 2. The van der Waals surface area contributed by atoms with Crippen molar-refractivity contribution in [1.82, 2.24) is 5.32 Å². The summed E-state index contributed by atoms with van der Waals surface area (Å²) in [6.45, 7) is 1.80. The van der Waals surface area contributed by atoms with E-state index in [4.69, 9.17) is 38.4 Å². The molecule has 0 fully saturated rings. The van der Waals surface area contributed by atoms with Gasteiger partial charge in [0.1, 0.15) is 18.5 Å². The van der Waals surface area contributed by atoms with Crippen molar-refractivity contribution in [2.24, 2.45) is 5.73 Å². The number of hydrogen-bond donors (Lipinski definition) is 2. The number of benzene rings is 1. The second-order valence-corrected chi connectivity index (χ2v) is 8.14. The summed E-state index contributed by atoms with van der Waals surface area (Å²) in [4.78, 5) is 55.4. The molecular weight excluding hydrogens is 527 g/mol. The van der Waals surface area contributed by atoms with E-state index in [0.717, 1.165) is 0 Å². The van der Waals surface area contributed by atoms with Crippen LogP contribution in [0.3, 0.4) is 0 Å². The Morgan fingerprint density at radius 1 is 1.11 bits per heavy atom. The van der Waals surface area contributed by atoms with Gasteiger partial charge < -0.3 is 30.2 Å². The van der Waals surface area contributed by atoms with Crippen LogP contribution in [0.5, 0.6) is 0 Å². The summed E-state index contributed by atoms with van der Waals surface area (Å²) >= 11 is 12.6. The van der Waals surface area contributed by atoms with Crippen LogP contribution in [0.15, 0.2) is 40.9 Å². The highest BCUT2D eigenvalue weighted by molar-refractivity contribution is 6.42. The summed E-state index contributed by atoms with van der Waals surface area (Å²) in [6.07, 6.45) is -1.06. The first kappa shape index (κ1) is 28.5. The van der Waals surface area contributed by atoms with E-state index in [0.29, 0.717) is 0 Å². The molecule has 0 saturated carbocycles. The van der Waals surface area contributed by atoms with Crippen LogP contribution in [0.4, 0.5) is 0 Å². The van der Waals surface area contributed by atoms with Crippen LogP contribution < -0.4 is 11.1 Å². The summed E-state index contributed by atoms with van der Waals surface area (Å²) in [5.41, 5.74) is 6.27. The maximum absolute atomic E-state index is 13.1. The summed E-state index contributed by atoms with van der Waals surface area (Å²) in [5, 5.41) is 21.7. The van der Waals surface area contributed by atoms with Crippen LogP contribution >= 0.6 is 23.2 Å². The Labute approximate surface area is 214 Å². The molecule has 14 nitrogen and oxygen atoms in total. The van der Waals surface area contributed by atoms with Crippen molar-refractivity contribution in [2.75, 3.05) is 19.8 Å². The Kier molecular flexibility index (Phi) is 10.1. The molecule has 2 rings (SSSR count). The molecule has 1 aromatic rings. The number of halogens is 2. The summed E-state index contributed by atoms with van der Waals surface area (Å²) < 4.78 is 10.4. The zero-order valence-corrected chi connectivity index (χ0v) is 20.5. The largest absolute Gasteiger partial charge is 0.462 e. The quantitative estimate of drug-likeness (QED) is 0.167. The van der Waals surface area contributed by atoms with Crippen LogP contribution in [0, 0.1) is 20.2 Å². The second-order valence-electron chi connectivity index (χ2n) is 7.35. The van der Waals surface area contributed by atoms with Crippen molar-refractivity contribution in [1.29, 1.82) is 0 Å². The van der Waals surface area contributed by atoms with Crippen molar-refractivity contribution in [3.05, 3.63) is 76.7 Å². The van der Waals surface area contributed by atoms with Gasteiger partial charge in [0.15, 0.2) is 0 Å². The Morgan fingerprint density at radius 3 is 2.42 bits per heavy atom. The number of rotatable bonds is 12. The molecule has 2 atom stereocenters. The van der Waals surface area contributed by atoms with Gasteiger partial charge in [-0.05, 0) is 25.5 Å². The van der Waals surface area contributed by atoms with Gasteiger partial charge >= 0.3 is 11.9 Å². The first-order chi connectivity index (χ1) is 16.9. The van der Waals surface area contributed by atoms with Gasteiger partial charge in [0.2, 0.25) is 0 Å². The lowest BCUT2D eigenvalue weighted by Gasteiger charge is -2.30. The minimum absolute atomic E-state index is 0.00796. The van der Waals surface area contributed by atoms with E-state index in [2.05, 4.69) is 15.0 Å². The smallest absolute Gasteiger partial charge is 0.338 e. The van der Waals surface area contributed by atoms with Crippen molar-refractivity contribution >= 4 is 35.1 Å². The number of hydrogen-bond acceptors (Lipinski definition) is 12. The normalized spacial score (nSPS) is 16.1. The van der Waals surface area contributed by atoms with Crippen molar-refractivity contribution in [3.63, 3.8) is 0 Å². The average molecular weight is 549 g/mol. The van der Waals surface area contributed by atoms with E-state index in [9.17, 15) is 29.8 Å². The molecule has 1 aliphatic rings. The van der Waals surface area contributed by atoms with E-state index < -0.39 is 40.7 Å². The molecule has 16 heteroatoms. The molecule has 1 aromatic carbocycles. The third-order valence-corrected chi connectivity index (χ3v) is 5.59. The molecule has 0 radical (unpaired) electrons. The fourth-order valence-corrected chi connectivity index (χ4v) is 3.71. The number of nitrogens with zero attached hydrogens (tertiary/aromatic N) is 2. The number of carbonyl (C=O) groups is 2. The van der Waals surface area contributed by atoms with Gasteiger partial charge in [0.05, 0.1) is 40.3 Å². The molecule has 36 heavy (non-hydrogen) atoms. The van der Waals surface area contributed by atoms with Gasteiger partial charge in [-0.2, -0.15) is 0 Å². The van der Waals surface area contributed by atoms with E-state index in [1.165, 1.54) is 26.0 Å². The summed E-state index contributed by atoms with van der Waals surface area (Å²) in [5.74, 6) is -3.21. The van der Waals surface area contributed by atoms with E-state index >= 15 is 0 Å². The monoisotopic (exact) mass is 548 g/mol. The molecule has 0 aliphatic carbocycles. The highest BCUT2D eigenvalue weighted by Crippen LogP contribution is 2.43. The van der Waals surface area contributed by atoms with E-state index in [-0.39, 0.29) is 57.9 Å². The number of carbonyl (C=O) groups excluding carboxylic acids is 2. The van der Waals surface area contributed by atoms with Crippen molar-refractivity contribution in [3.8, 4) is 0 Å². The molecule has 196 valence electrons. The maximum atomic E-state index is 13.1. The Bertz CT molecular complexity index is 1110. The number of nitrogens with two attached hydrogens (primary N) is 1. The Hall–Kier alpha value is -3.78. The number of ether oxygens (including phenoxy) is 2. The second kappa shape index (κ2) is 12.8. The van der Waals surface area contributed by atoms with Crippen LogP contribution in [0.25, 0.3) is 0 Å². The van der Waals surface area contributed by atoms with Gasteiger partial charge in [0.25, 0.3) is 10.2 Å². The highest BCUT2D eigenvalue weighted by Gasteiger charge is 2.40. The average Bonchev–Trinajstić information content (AvgIpc) is 2.77. The molecule has 0 bridgehead atoms. The fourth-order valence-electron chi connectivity index (χ4n) is 3.29. The third-order valence-electron chi connectivity index (χ3n) is 4.76. The molecule has 0 saturated heterocycles. The van der Waals surface area contributed by atoms with Crippen molar-refractivity contribution < 1.29 is 38.9 Å². The predicted molar refractivity (Wildman–Crippen MR) is 123 cm³/mol.